The summed E-state index contributed by atoms with van der Waals surface area (Å²) in [5.74, 6) is -2.21. The summed E-state index contributed by atoms with van der Waals surface area (Å²) in [5.41, 5.74) is -4.24. The SMILES string of the molecule is O=C(NCc1ccc(F)cc1C(F)(F)F)[C@]1(F)CC[C@H](O)c2ncccc21. The molecule has 1 aromatic heterocycles. The quantitative estimate of drug-likeness (QED) is 0.794. The van der Waals surface area contributed by atoms with Gasteiger partial charge in [-0.3, -0.25) is 9.78 Å². The fraction of sp³-hybridized carbons (Fsp3) is 0.333. The van der Waals surface area contributed by atoms with Crippen molar-refractivity contribution in [2.45, 2.75) is 37.3 Å². The zero-order chi connectivity index (χ0) is 19.8. The average molecular weight is 386 g/mol. The van der Waals surface area contributed by atoms with Crippen molar-refractivity contribution in [3.05, 3.63) is 64.7 Å². The summed E-state index contributed by atoms with van der Waals surface area (Å²) in [6.07, 6.45) is -4.89. The van der Waals surface area contributed by atoms with Gasteiger partial charge in [0.25, 0.3) is 5.91 Å². The Kier molecular flexibility index (Phi) is 4.90. The molecule has 1 amide bonds. The predicted molar refractivity (Wildman–Crippen MR) is 84.5 cm³/mol. The van der Waals surface area contributed by atoms with Gasteiger partial charge in [-0.25, -0.2) is 8.78 Å². The summed E-state index contributed by atoms with van der Waals surface area (Å²) in [7, 11) is 0. The predicted octanol–water partition coefficient (Wildman–Crippen LogP) is 3.55. The third-order valence-corrected chi connectivity index (χ3v) is 4.52. The van der Waals surface area contributed by atoms with Crippen LogP contribution in [0.1, 0.15) is 41.3 Å². The Morgan fingerprint density at radius 2 is 2.07 bits per heavy atom. The molecular formula is C18H15F5N2O2. The van der Waals surface area contributed by atoms with Crippen LogP contribution in [0, 0.1) is 5.82 Å². The molecule has 2 N–H and O–H groups in total. The van der Waals surface area contributed by atoms with Gasteiger partial charge in [0.1, 0.15) is 5.82 Å². The number of aliphatic hydroxyl groups is 1. The van der Waals surface area contributed by atoms with Gasteiger partial charge in [0.15, 0.2) is 0 Å². The lowest BCUT2D eigenvalue weighted by Gasteiger charge is -2.32. The number of carbonyl (C=O) groups excluding carboxylic acids is 1. The lowest BCUT2D eigenvalue weighted by molar-refractivity contribution is -0.139. The summed E-state index contributed by atoms with van der Waals surface area (Å²) < 4.78 is 67.6. The molecule has 1 heterocycles. The van der Waals surface area contributed by atoms with Crippen LogP contribution >= 0.6 is 0 Å². The standard InChI is InChI=1S/C18H15F5N2O2/c19-11-4-3-10(13(8-11)18(21,22)23)9-25-16(27)17(20)6-5-14(26)15-12(17)2-1-7-24-15/h1-4,7-8,14,26H,5-6,9H2,(H,25,27)/t14-,17-/m0/s1. The number of benzene rings is 1. The van der Waals surface area contributed by atoms with E-state index >= 15 is 4.39 Å². The molecule has 0 unspecified atom stereocenters. The topological polar surface area (TPSA) is 62.2 Å². The zero-order valence-electron chi connectivity index (χ0n) is 13.9. The molecule has 0 spiro atoms. The molecular weight excluding hydrogens is 371 g/mol. The van der Waals surface area contributed by atoms with Gasteiger partial charge in [-0.2, -0.15) is 13.2 Å². The number of alkyl halides is 4. The van der Waals surface area contributed by atoms with E-state index in [1.165, 1.54) is 18.3 Å². The van der Waals surface area contributed by atoms with Crippen molar-refractivity contribution in [1.29, 1.82) is 0 Å². The molecule has 0 saturated heterocycles. The van der Waals surface area contributed by atoms with E-state index < -0.39 is 41.8 Å². The van der Waals surface area contributed by atoms with Crippen molar-refractivity contribution in [2.75, 3.05) is 0 Å². The Morgan fingerprint density at radius 1 is 1.33 bits per heavy atom. The van der Waals surface area contributed by atoms with Crippen LogP contribution in [0.2, 0.25) is 0 Å². The highest BCUT2D eigenvalue weighted by Crippen LogP contribution is 2.42. The van der Waals surface area contributed by atoms with Crippen LogP contribution in [0.3, 0.4) is 0 Å². The van der Waals surface area contributed by atoms with Gasteiger partial charge < -0.3 is 10.4 Å². The lowest BCUT2D eigenvalue weighted by atomic mass is 9.81. The maximum atomic E-state index is 15.4. The van der Waals surface area contributed by atoms with Crippen LogP contribution in [-0.2, 0) is 23.2 Å². The molecule has 0 fully saturated rings. The van der Waals surface area contributed by atoms with E-state index in [9.17, 15) is 27.5 Å². The van der Waals surface area contributed by atoms with E-state index in [4.69, 9.17) is 0 Å². The molecule has 0 saturated carbocycles. The maximum absolute atomic E-state index is 15.4. The van der Waals surface area contributed by atoms with Crippen molar-refractivity contribution in [3.8, 4) is 0 Å². The smallest absolute Gasteiger partial charge is 0.387 e. The van der Waals surface area contributed by atoms with Crippen molar-refractivity contribution in [3.63, 3.8) is 0 Å². The molecule has 27 heavy (non-hydrogen) atoms. The summed E-state index contributed by atoms with van der Waals surface area (Å²) >= 11 is 0. The van der Waals surface area contributed by atoms with Crippen molar-refractivity contribution >= 4 is 5.91 Å². The number of hydrogen-bond acceptors (Lipinski definition) is 3. The Hall–Kier alpha value is -2.55. The molecule has 3 rings (SSSR count). The van der Waals surface area contributed by atoms with Crippen LogP contribution < -0.4 is 5.32 Å². The van der Waals surface area contributed by atoms with Gasteiger partial charge in [0.2, 0.25) is 5.67 Å². The van der Waals surface area contributed by atoms with Gasteiger partial charge >= 0.3 is 6.18 Å². The molecule has 0 aliphatic heterocycles. The van der Waals surface area contributed by atoms with Crippen LogP contribution in [0.25, 0.3) is 0 Å². The van der Waals surface area contributed by atoms with E-state index in [-0.39, 0.29) is 29.7 Å². The third-order valence-electron chi connectivity index (χ3n) is 4.52. The second kappa shape index (κ2) is 6.88. The normalized spacial score (nSPS) is 22.2. The van der Waals surface area contributed by atoms with E-state index in [2.05, 4.69) is 10.3 Å². The van der Waals surface area contributed by atoms with Gasteiger partial charge in [0.05, 0.1) is 17.4 Å². The Morgan fingerprint density at radius 3 is 2.78 bits per heavy atom. The van der Waals surface area contributed by atoms with Crippen molar-refractivity contribution < 1.29 is 31.9 Å². The number of rotatable bonds is 3. The maximum Gasteiger partial charge on any atom is 0.416 e. The number of hydrogen-bond donors (Lipinski definition) is 2. The highest BCUT2D eigenvalue weighted by atomic mass is 19.4. The van der Waals surface area contributed by atoms with Gasteiger partial charge in [0, 0.05) is 18.3 Å². The molecule has 1 aromatic carbocycles. The molecule has 1 aliphatic rings. The molecule has 2 atom stereocenters. The fourth-order valence-electron chi connectivity index (χ4n) is 3.14. The number of pyridine rings is 1. The lowest BCUT2D eigenvalue weighted by Crippen LogP contribution is -2.44. The number of aliphatic hydroxyl groups excluding tert-OH is 1. The molecule has 0 bridgehead atoms. The Labute approximate surface area is 151 Å². The van der Waals surface area contributed by atoms with Gasteiger partial charge in [-0.05, 0) is 36.6 Å². The highest BCUT2D eigenvalue weighted by molar-refractivity contribution is 5.87. The number of amides is 1. The summed E-state index contributed by atoms with van der Waals surface area (Å²) in [6, 6.07) is 4.76. The first-order valence-corrected chi connectivity index (χ1v) is 8.09. The first-order valence-electron chi connectivity index (χ1n) is 8.09. The first-order chi connectivity index (χ1) is 12.6. The number of nitrogens with zero attached hydrogens (tertiary/aromatic N) is 1. The highest BCUT2D eigenvalue weighted by Gasteiger charge is 2.46. The Balaban J connectivity index is 1.85. The first kappa shape index (κ1) is 19.2. The molecule has 1 aliphatic carbocycles. The van der Waals surface area contributed by atoms with Gasteiger partial charge in [-0.1, -0.05) is 12.1 Å². The van der Waals surface area contributed by atoms with E-state index in [1.807, 2.05) is 0 Å². The van der Waals surface area contributed by atoms with Crippen LogP contribution in [0.5, 0.6) is 0 Å². The van der Waals surface area contributed by atoms with Crippen molar-refractivity contribution in [1.82, 2.24) is 10.3 Å². The summed E-state index contributed by atoms with van der Waals surface area (Å²) in [6.45, 7) is -0.627. The largest absolute Gasteiger partial charge is 0.416 e. The van der Waals surface area contributed by atoms with Crippen LogP contribution in [-0.4, -0.2) is 16.0 Å². The van der Waals surface area contributed by atoms with E-state index in [0.29, 0.717) is 6.07 Å². The second-order valence-electron chi connectivity index (χ2n) is 6.27. The van der Waals surface area contributed by atoms with Crippen molar-refractivity contribution in [2.24, 2.45) is 0 Å². The van der Waals surface area contributed by atoms with Crippen LogP contribution in [0.4, 0.5) is 22.0 Å². The minimum atomic E-state index is -4.82. The molecule has 144 valence electrons. The minimum absolute atomic E-state index is 0.0270. The van der Waals surface area contributed by atoms with E-state index in [1.54, 1.807) is 0 Å². The Bertz CT molecular complexity index is 871. The number of fused-ring (bicyclic) bond motifs is 1. The molecule has 0 radical (unpaired) electrons. The number of carbonyl (C=O) groups is 1. The molecule has 2 aromatic rings. The monoisotopic (exact) mass is 386 g/mol. The van der Waals surface area contributed by atoms with E-state index in [0.717, 1.165) is 12.1 Å². The summed E-state index contributed by atoms with van der Waals surface area (Å²) in [5, 5.41) is 12.1. The fourth-order valence-corrected chi connectivity index (χ4v) is 3.14. The second-order valence-corrected chi connectivity index (χ2v) is 6.27. The van der Waals surface area contributed by atoms with Crippen LogP contribution in [0.15, 0.2) is 36.5 Å². The van der Waals surface area contributed by atoms with Gasteiger partial charge in [-0.15, -0.1) is 0 Å². The number of halogens is 5. The average Bonchev–Trinajstić information content (AvgIpc) is 2.63. The zero-order valence-corrected chi connectivity index (χ0v) is 13.9. The minimum Gasteiger partial charge on any atom is -0.387 e. The third kappa shape index (κ3) is 3.64. The summed E-state index contributed by atoms with van der Waals surface area (Å²) in [4.78, 5) is 16.3. The molecule has 9 heteroatoms. The molecule has 4 nitrogen and oxygen atoms in total. The number of nitrogens with one attached hydrogen (secondary N) is 1. The number of aromatic nitrogens is 1.